The molecule has 0 radical (unpaired) electrons. The molecule has 0 fully saturated rings. The van der Waals surface area contributed by atoms with Gasteiger partial charge in [0.2, 0.25) is 11.8 Å². The largest absolute Gasteiger partial charge is 0.418 e. The summed E-state index contributed by atoms with van der Waals surface area (Å²) in [5.41, 5.74) is 1.52. The van der Waals surface area contributed by atoms with Gasteiger partial charge in [-0.25, -0.2) is 4.98 Å². The highest BCUT2D eigenvalue weighted by molar-refractivity contribution is 6.30. The zero-order chi connectivity index (χ0) is 10.8. The minimum absolute atomic E-state index is 0.178. The predicted octanol–water partition coefficient (Wildman–Crippen LogP) is 1.59. The van der Waals surface area contributed by atoms with E-state index < -0.39 is 0 Å². The molecule has 2 heterocycles. The van der Waals surface area contributed by atoms with Crippen molar-refractivity contribution in [1.29, 1.82) is 0 Å². The third-order valence-corrected chi connectivity index (χ3v) is 2.26. The third-order valence-electron chi connectivity index (χ3n) is 1.86. The molecule has 2 aromatic heterocycles. The van der Waals surface area contributed by atoms with Gasteiger partial charge in [0.05, 0.1) is 5.56 Å². The van der Waals surface area contributed by atoms with Crippen LogP contribution in [0.15, 0.2) is 16.7 Å². The van der Waals surface area contributed by atoms with Gasteiger partial charge in [-0.1, -0.05) is 11.6 Å². The molecular formula is C9H8ClN3O2. The molecule has 0 aliphatic rings. The van der Waals surface area contributed by atoms with Crippen molar-refractivity contribution in [2.45, 2.75) is 13.5 Å². The number of aryl methyl sites for hydroxylation is 1. The Morgan fingerprint density at radius 2 is 2.27 bits per heavy atom. The van der Waals surface area contributed by atoms with Crippen LogP contribution in [0.5, 0.6) is 0 Å². The van der Waals surface area contributed by atoms with Crippen LogP contribution < -0.4 is 0 Å². The molecular weight excluding hydrogens is 218 g/mol. The Balaban J connectivity index is 2.40. The fraction of sp³-hybridized carbons (Fsp3) is 0.222. The number of hydrogen-bond acceptors (Lipinski definition) is 5. The van der Waals surface area contributed by atoms with E-state index in [0.717, 1.165) is 5.56 Å². The predicted molar refractivity (Wildman–Crippen MR) is 53.2 cm³/mol. The van der Waals surface area contributed by atoms with E-state index in [1.54, 1.807) is 12.3 Å². The average Bonchev–Trinajstić information content (AvgIpc) is 2.70. The second-order valence-electron chi connectivity index (χ2n) is 2.99. The Labute approximate surface area is 90.7 Å². The number of nitrogens with zero attached hydrogens (tertiary/aromatic N) is 3. The minimum Gasteiger partial charge on any atom is -0.418 e. The van der Waals surface area contributed by atoms with E-state index in [9.17, 15) is 0 Å². The van der Waals surface area contributed by atoms with Gasteiger partial charge in [-0.05, 0) is 18.6 Å². The van der Waals surface area contributed by atoms with Crippen molar-refractivity contribution in [2.24, 2.45) is 0 Å². The standard InChI is InChI=1S/C9H8ClN3O2/c1-5-2-6(3-11-8(5)10)9-13-12-7(4-14)15-9/h2-3,14H,4H2,1H3. The highest BCUT2D eigenvalue weighted by Gasteiger charge is 2.09. The third kappa shape index (κ3) is 1.98. The summed E-state index contributed by atoms with van der Waals surface area (Å²) in [6, 6.07) is 1.80. The lowest BCUT2D eigenvalue weighted by Crippen LogP contribution is -1.84. The Bertz CT molecular complexity index is 484. The van der Waals surface area contributed by atoms with Crippen LogP contribution in [0, 0.1) is 6.92 Å². The summed E-state index contributed by atoms with van der Waals surface area (Å²) in [5, 5.41) is 16.6. The molecule has 0 unspecified atom stereocenters. The van der Waals surface area contributed by atoms with Gasteiger partial charge in [0, 0.05) is 6.20 Å². The minimum atomic E-state index is -0.271. The van der Waals surface area contributed by atoms with Crippen LogP contribution in [0.1, 0.15) is 11.5 Å². The number of pyridine rings is 1. The van der Waals surface area contributed by atoms with E-state index >= 15 is 0 Å². The van der Waals surface area contributed by atoms with Crippen molar-refractivity contribution < 1.29 is 9.52 Å². The van der Waals surface area contributed by atoms with Gasteiger partial charge in [-0.3, -0.25) is 0 Å². The molecule has 1 N–H and O–H groups in total. The zero-order valence-corrected chi connectivity index (χ0v) is 8.69. The summed E-state index contributed by atoms with van der Waals surface area (Å²) in [4.78, 5) is 3.97. The van der Waals surface area contributed by atoms with Crippen molar-refractivity contribution in [3.8, 4) is 11.5 Å². The maximum atomic E-state index is 8.76. The van der Waals surface area contributed by atoms with Crippen LogP contribution in [-0.2, 0) is 6.61 Å². The van der Waals surface area contributed by atoms with Crippen LogP contribution in [0.2, 0.25) is 5.15 Å². The molecule has 0 saturated heterocycles. The maximum Gasteiger partial charge on any atom is 0.249 e. The van der Waals surface area contributed by atoms with E-state index in [0.29, 0.717) is 16.6 Å². The van der Waals surface area contributed by atoms with Crippen molar-refractivity contribution >= 4 is 11.6 Å². The molecule has 2 aromatic rings. The first-order valence-corrected chi connectivity index (χ1v) is 4.64. The number of rotatable bonds is 2. The topological polar surface area (TPSA) is 72.0 Å². The van der Waals surface area contributed by atoms with Crippen LogP contribution in [0.4, 0.5) is 0 Å². The van der Waals surface area contributed by atoms with Crippen molar-refractivity contribution in [3.63, 3.8) is 0 Å². The fourth-order valence-corrected chi connectivity index (χ4v) is 1.21. The van der Waals surface area contributed by atoms with E-state index in [1.165, 1.54) is 0 Å². The highest BCUT2D eigenvalue weighted by atomic mass is 35.5. The van der Waals surface area contributed by atoms with Gasteiger partial charge in [-0.15, -0.1) is 10.2 Å². The molecule has 0 aliphatic heterocycles. The summed E-state index contributed by atoms with van der Waals surface area (Å²) in [7, 11) is 0. The normalized spacial score (nSPS) is 10.6. The Morgan fingerprint density at radius 3 is 2.87 bits per heavy atom. The Hall–Kier alpha value is -1.46. The Kier molecular flexibility index (Phi) is 2.66. The van der Waals surface area contributed by atoms with Crippen LogP contribution >= 0.6 is 11.6 Å². The Morgan fingerprint density at radius 1 is 1.47 bits per heavy atom. The van der Waals surface area contributed by atoms with E-state index in [2.05, 4.69) is 15.2 Å². The van der Waals surface area contributed by atoms with Gasteiger partial charge in [0.25, 0.3) is 0 Å². The van der Waals surface area contributed by atoms with Gasteiger partial charge in [0.15, 0.2) is 0 Å². The fourth-order valence-electron chi connectivity index (χ4n) is 1.11. The number of hydrogen-bond donors (Lipinski definition) is 1. The lowest BCUT2D eigenvalue weighted by atomic mass is 10.2. The van der Waals surface area contributed by atoms with E-state index in [-0.39, 0.29) is 12.5 Å². The zero-order valence-electron chi connectivity index (χ0n) is 7.94. The van der Waals surface area contributed by atoms with Crippen molar-refractivity contribution in [3.05, 3.63) is 28.9 Å². The molecule has 15 heavy (non-hydrogen) atoms. The average molecular weight is 226 g/mol. The second kappa shape index (κ2) is 3.96. The summed E-state index contributed by atoms with van der Waals surface area (Å²) in [6.07, 6.45) is 1.55. The molecule has 6 heteroatoms. The monoisotopic (exact) mass is 225 g/mol. The van der Waals surface area contributed by atoms with Gasteiger partial charge >= 0.3 is 0 Å². The molecule has 0 spiro atoms. The van der Waals surface area contributed by atoms with E-state index in [1.807, 2.05) is 6.92 Å². The first kappa shape index (κ1) is 10.1. The second-order valence-corrected chi connectivity index (χ2v) is 3.35. The lowest BCUT2D eigenvalue weighted by molar-refractivity contribution is 0.241. The molecule has 2 rings (SSSR count). The van der Waals surface area contributed by atoms with Crippen molar-refractivity contribution in [1.82, 2.24) is 15.2 Å². The number of aliphatic hydroxyl groups is 1. The molecule has 0 amide bonds. The summed E-state index contributed by atoms with van der Waals surface area (Å²) in [5.74, 6) is 0.504. The molecule has 0 aliphatic carbocycles. The molecule has 0 aromatic carbocycles. The first-order valence-electron chi connectivity index (χ1n) is 4.26. The lowest BCUT2D eigenvalue weighted by Gasteiger charge is -1.98. The van der Waals surface area contributed by atoms with E-state index in [4.69, 9.17) is 21.1 Å². The quantitative estimate of drug-likeness (QED) is 0.786. The molecule has 78 valence electrons. The van der Waals surface area contributed by atoms with Crippen LogP contribution in [-0.4, -0.2) is 20.3 Å². The van der Waals surface area contributed by atoms with Crippen molar-refractivity contribution in [2.75, 3.05) is 0 Å². The smallest absolute Gasteiger partial charge is 0.249 e. The summed E-state index contributed by atoms with van der Waals surface area (Å²) in [6.45, 7) is 1.56. The highest BCUT2D eigenvalue weighted by Crippen LogP contribution is 2.21. The first-order chi connectivity index (χ1) is 7.20. The molecule has 0 bridgehead atoms. The number of aliphatic hydroxyl groups excluding tert-OH is 1. The molecule has 0 atom stereocenters. The van der Waals surface area contributed by atoms with Crippen LogP contribution in [0.25, 0.3) is 11.5 Å². The maximum absolute atomic E-state index is 8.76. The SMILES string of the molecule is Cc1cc(-c2nnc(CO)o2)cnc1Cl. The summed E-state index contributed by atoms with van der Waals surface area (Å²) >= 11 is 5.78. The van der Waals surface area contributed by atoms with Crippen LogP contribution in [0.3, 0.4) is 0 Å². The van der Waals surface area contributed by atoms with Gasteiger partial charge in [0.1, 0.15) is 11.8 Å². The van der Waals surface area contributed by atoms with Gasteiger partial charge < -0.3 is 9.52 Å². The molecule has 5 nitrogen and oxygen atoms in total. The van der Waals surface area contributed by atoms with Gasteiger partial charge in [-0.2, -0.15) is 0 Å². The summed E-state index contributed by atoms with van der Waals surface area (Å²) < 4.78 is 5.16. The number of halogens is 1. The molecule has 0 saturated carbocycles. The number of aromatic nitrogens is 3.